The number of imide groups is 1. The molecule has 0 saturated carbocycles. The van der Waals surface area contributed by atoms with Crippen LogP contribution in [0.25, 0.3) is 0 Å². The Labute approximate surface area is 128 Å². The van der Waals surface area contributed by atoms with Gasteiger partial charge in [-0.2, -0.15) is 0 Å². The first-order chi connectivity index (χ1) is 9.72. The first-order valence-corrected chi connectivity index (χ1v) is 6.92. The molecule has 0 radical (unpaired) electrons. The number of carbonyl (C=O) groups excluding carboxylic acids is 2. The van der Waals surface area contributed by atoms with Crippen LogP contribution in [0.5, 0.6) is 0 Å². The molecule has 0 aliphatic heterocycles. The van der Waals surface area contributed by atoms with Gasteiger partial charge in [0.15, 0.2) is 0 Å². The predicted octanol–water partition coefficient (Wildman–Crippen LogP) is 1.40. The monoisotopic (exact) mass is 293 g/mol. The molecule has 0 rings (SSSR count). The highest BCUT2D eigenvalue weighted by Gasteiger charge is 2.21. The fourth-order valence-corrected chi connectivity index (χ4v) is 1.50. The van der Waals surface area contributed by atoms with Crippen molar-refractivity contribution in [2.45, 2.75) is 13.8 Å². The molecule has 0 spiro atoms. The van der Waals surface area contributed by atoms with Crippen LogP contribution in [-0.2, 0) is 9.59 Å². The third kappa shape index (κ3) is 6.40. The van der Waals surface area contributed by atoms with Crippen LogP contribution < -0.4 is 5.32 Å². The maximum atomic E-state index is 12.0. The van der Waals surface area contributed by atoms with Gasteiger partial charge in [0.2, 0.25) is 11.8 Å². The van der Waals surface area contributed by atoms with Gasteiger partial charge in [-0.25, -0.2) is 0 Å². The lowest BCUT2D eigenvalue weighted by atomic mass is 10.0. The number of allylic oxidation sites excluding steroid dienone is 2. The largest absolute Gasteiger partial charge is 0.374 e. The molecule has 2 amide bonds. The molecule has 1 atom stereocenters. The molecule has 1 unspecified atom stereocenters. The Bertz CT molecular complexity index is 441. The number of rotatable bonds is 8. The van der Waals surface area contributed by atoms with E-state index in [4.69, 9.17) is 0 Å². The van der Waals surface area contributed by atoms with Crippen LogP contribution in [-0.4, -0.2) is 55.8 Å². The van der Waals surface area contributed by atoms with Gasteiger partial charge in [0, 0.05) is 39.8 Å². The van der Waals surface area contributed by atoms with E-state index < -0.39 is 5.92 Å². The van der Waals surface area contributed by atoms with Crippen LogP contribution in [0.4, 0.5) is 0 Å². The van der Waals surface area contributed by atoms with Crippen LogP contribution in [0.3, 0.4) is 0 Å². The number of amides is 2. The second-order valence-electron chi connectivity index (χ2n) is 5.06. The fourth-order valence-electron chi connectivity index (χ4n) is 1.50. The summed E-state index contributed by atoms with van der Waals surface area (Å²) in [5, 5.41) is 3.07. The van der Waals surface area contributed by atoms with Crippen LogP contribution in [0.15, 0.2) is 36.6 Å². The number of hydrogen-bond donors (Lipinski definition) is 1. The zero-order valence-corrected chi connectivity index (χ0v) is 13.8. The fraction of sp³-hybridized carbons (Fsp3) is 0.500. The number of carbonyl (C=O) groups is 2. The molecule has 0 aromatic carbocycles. The van der Waals surface area contributed by atoms with Gasteiger partial charge < -0.3 is 10.2 Å². The van der Waals surface area contributed by atoms with Gasteiger partial charge in [-0.15, -0.1) is 0 Å². The van der Waals surface area contributed by atoms with Crippen molar-refractivity contribution in [1.29, 1.82) is 0 Å². The zero-order valence-electron chi connectivity index (χ0n) is 13.8. The van der Waals surface area contributed by atoms with E-state index in [-0.39, 0.29) is 11.8 Å². The van der Waals surface area contributed by atoms with Gasteiger partial charge >= 0.3 is 0 Å². The third-order valence-corrected chi connectivity index (χ3v) is 3.41. The summed E-state index contributed by atoms with van der Waals surface area (Å²) in [5.41, 5.74) is 1.49. The molecule has 5 heteroatoms. The van der Waals surface area contributed by atoms with Gasteiger partial charge in [-0.05, 0) is 25.6 Å². The van der Waals surface area contributed by atoms with E-state index in [2.05, 4.69) is 18.5 Å². The normalized spacial score (nSPS) is 12.0. The van der Waals surface area contributed by atoms with Crippen LogP contribution in [0, 0.1) is 5.92 Å². The molecular weight excluding hydrogens is 266 g/mol. The Kier molecular flexibility index (Phi) is 8.31. The van der Waals surface area contributed by atoms with Crippen LogP contribution in [0.2, 0.25) is 0 Å². The molecule has 0 aliphatic carbocycles. The lowest BCUT2D eigenvalue weighted by Gasteiger charge is -2.20. The average Bonchev–Trinajstić information content (AvgIpc) is 2.46. The Hall–Kier alpha value is -1.88. The van der Waals surface area contributed by atoms with E-state index in [1.807, 2.05) is 25.1 Å². The lowest BCUT2D eigenvalue weighted by Crippen LogP contribution is -2.35. The molecule has 0 saturated heterocycles. The SMILES string of the molecule is C=C(/C=C\C(=C)N(C)CCNC)C(C)C(=O)N(C)C(C)=O. The molecule has 0 fully saturated rings. The van der Waals surface area contributed by atoms with E-state index in [1.54, 1.807) is 13.0 Å². The first-order valence-electron chi connectivity index (χ1n) is 6.92. The summed E-state index contributed by atoms with van der Waals surface area (Å²) in [6.45, 7) is 12.7. The highest BCUT2D eigenvalue weighted by molar-refractivity contribution is 5.96. The highest BCUT2D eigenvalue weighted by atomic mass is 16.2. The summed E-state index contributed by atoms with van der Waals surface area (Å²) in [6, 6.07) is 0. The quantitative estimate of drug-likeness (QED) is 0.687. The molecule has 118 valence electrons. The van der Waals surface area contributed by atoms with Gasteiger partial charge in [0.25, 0.3) is 0 Å². The van der Waals surface area contributed by atoms with Gasteiger partial charge in [-0.1, -0.05) is 19.2 Å². The van der Waals surface area contributed by atoms with Crippen molar-refractivity contribution in [1.82, 2.24) is 15.1 Å². The standard InChI is InChI=1S/C16H27N3O2/c1-12(14(3)16(21)19(7)15(4)20)8-9-13(2)18(6)11-10-17-5/h8-9,14,17H,1-2,10-11H2,3-7H3/b9-8-. The van der Waals surface area contributed by atoms with Crippen molar-refractivity contribution in [3.63, 3.8) is 0 Å². The molecule has 0 heterocycles. The number of nitrogens with zero attached hydrogens (tertiary/aromatic N) is 2. The molecule has 0 aromatic rings. The van der Waals surface area contributed by atoms with Crippen molar-refractivity contribution in [2.75, 3.05) is 34.2 Å². The number of nitrogens with one attached hydrogen (secondary N) is 1. The van der Waals surface area contributed by atoms with Crippen molar-refractivity contribution < 1.29 is 9.59 Å². The summed E-state index contributed by atoms with van der Waals surface area (Å²) in [4.78, 5) is 26.3. The first kappa shape index (κ1) is 19.1. The Morgan fingerprint density at radius 3 is 2.29 bits per heavy atom. The molecule has 21 heavy (non-hydrogen) atoms. The maximum Gasteiger partial charge on any atom is 0.236 e. The van der Waals surface area contributed by atoms with Crippen molar-refractivity contribution in [3.05, 3.63) is 36.6 Å². The number of likely N-dealkylation sites (N-methyl/N-ethyl adjacent to an activating group) is 2. The van der Waals surface area contributed by atoms with E-state index >= 15 is 0 Å². The zero-order chi connectivity index (χ0) is 16.6. The molecular formula is C16H27N3O2. The summed E-state index contributed by atoms with van der Waals surface area (Å²) < 4.78 is 0. The van der Waals surface area contributed by atoms with Crippen LogP contribution in [0.1, 0.15) is 13.8 Å². The average molecular weight is 293 g/mol. The van der Waals surface area contributed by atoms with Gasteiger partial charge in [-0.3, -0.25) is 14.5 Å². The highest BCUT2D eigenvalue weighted by Crippen LogP contribution is 2.14. The predicted molar refractivity (Wildman–Crippen MR) is 86.6 cm³/mol. The van der Waals surface area contributed by atoms with Gasteiger partial charge in [0.05, 0.1) is 5.92 Å². The maximum absolute atomic E-state index is 12.0. The van der Waals surface area contributed by atoms with Crippen molar-refractivity contribution >= 4 is 11.8 Å². The Morgan fingerprint density at radius 2 is 1.81 bits per heavy atom. The minimum absolute atomic E-state index is 0.258. The molecule has 0 aromatic heterocycles. The smallest absolute Gasteiger partial charge is 0.236 e. The van der Waals surface area contributed by atoms with E-state index in [9.17, 15) is 9.59 Å². The van der Waals surface area contributed by atoms with Crippen molar-refractivity contribution in [3.8, 4) is 0 Å². The summed E-state index contributed by atoms with van der Waals surface area (Å²) in [6.07, 6.45) is 3.60. The summed E-state index contributed by atoms with van der Waals surface area (Å²) in [5.74, 6) is -0.975. The van der Waals surface area contributed by atoms with E-state index in [1.165, 1.54) is 14.0 Å². The second-order valence-corrected chi connectivity index (χ2v) is 5.06. The summed E-state index contributed by atoms with van der Waals surface area (Å²) >= 11 is 0. The Balaban J connectivity index is 4.60. The third-order valence-electron chi connectivity index (χ3n) is 3.41. The minimum Gasteiger partial charge on any atom is -0.374 e. The minimum atomic E-state index is -0.439. The van der Waals surface area contributed by atoms with E-state index in [0.29, 0.717) is 5.57 Å². The summed E-state index contributed by atoms with van der Waals surface area (Å²) in [7, 11) is 5.32. The van der Waals surface area contributed by atoms with E-state index in [0.717, 1.165) is 23.7 Å². The molecule has 5 nitrogen and oxygen atoms in total. The lowest BCUT2D eigenvalue weighted by molar-refractivity contribution is -0.143. The molecule has 1 N–H and O–H groups in total. The second kappa shape index (κ2) is 9.13. The molecule has 0 bridgehead atoms. The van der Waals surface area contributed by atoms with Gasteiger partial charge in [0.1, 0.15) is 0 Å². The molecule has 0 aliphatic rings. The van der Waals surface area contributed by atoms with Crippen LogP contribution >= 0.6 is 0 Å². The number of hydrogen-bond acceptors (Lipinski definition) is 4. The Morgan fingerprint density at radius 1 is 1.24 bits per heavy atom. The topological polar surface area (TPSA) is 52.7 Å². The van der Waals surface area contributed by atoms with Crippen molar-refractivity contribution in [2.24, 2.45) is 5.92 Å².